The first kappa shape index (κ1) is 28.0. The molecule has 40 heavy (non-hydrogen) atoms. The van der Waals surface area contributed by atoms with E-state index in [1.54, 1.807) is 34.5 Å². The number of amides is 1. The fraction of sp³-hybridized carbons (Fsp3) is 0.393. The molecule has 2 aromatic heterocycles. The molecule has 3 aromatic rings. The molecule has 0 bridgehead atoms. The Morgan fingerprint density at radius 3 is 2.70 bits per heavy atom. The van der Waals surface area contributed by atoms with Gasteiger partial charge in [-0.1, -0.05) is 9.24 Å². The maximum absolute atomic E-state index is 13.9. The van der Waals surface area contributed by atoms with Crippen molar-refractivity contribution in [2.24, 2.45) is 0 Å². The minimum atomic E-state index is -3.02. The van der Waals surface area contributed by atoms with Crippen LogP contribution in [0.1, 0.15) is 63.0 Å². The molecule has 2 aliphatic rings. The van der Waals surface area contributed by atoms with E-state index < -0.39 is 11.6 Å². The summed E-state index contributed by atoms with van der Waals surface area (Å²) in [5.41, 5.74) is 0.539. The Balaban J connectivity index is 1.22. The summed E-state index contributed by atoms with van der Waals surface area (Å²) in [6.07, 6.45) is 4.82. The van der Waals surface area contributed by atoms with Gasteiger partial charge in [-0.25, -0.2) is 19.7 Å². The van der Waals surface area contributed by atoms with Crippen LogP contribution in [0.25, 0.3) is 0 Å². The number of fused-ring (bicyclic) bond motifs is 1. The zero-order valence-corrected chi connectivity index (χ0v) is 23.7. The van der Waals surface area contributed by atoms with Gasteiger partial charge in [-0.3, -0.25) is 9.69 Å². The van der Waals surface area contributed by atoms with Crippen LogP contribution >= 0.6 is 9.24 Å². The molecular formula is C28H31F2N6O3P. The van der Waals surface area contributed by atoms with Gasteiger partial charge in [-0.15, -0.1) is 0 Å². The van der Waals surface area contributed by atoms with E-state index in [0.29, 0.717) is 42.4 Å². The zero-order chi connectivity index (χ0) is 28.6. The summed E-state index contributed by atoms with van der Waals surface area (Å²) in [4.78, 5) is 42.3. The molecule has 5 rings (SSSR count). The van der Waals surface area contributed by atoms with E-state index >= 15 is 0 Å². The van der Waals surface area contributed by atoms with E-state index in [4.69, 9.17) is 4.74 Å². The number of nitrogens with one attached hydrogen (secondary N) is 1. The number of carbonyl (C=O) groups is 2. The van der Waals surface area contributed by atoms with Gasteiger partial charge in [0, 0.05) is 66.5 Å². The fourth-order valence-corrected chi connectivity index (χ4v) is 5.57. The number of methoxy groups -OCH3 is 1. The number of nitrogens with zero attached hydrogens (tertiary/aromatic N) is 5. The third-order valence-corrected chi connectivity index (χ3v) is 7.76. The molecule has 210 valence electrons. The van der Waals surface area contributed by atoms with Crippen LogP contribution in [0, 0.1) is 6.92 Å². The van der Waals surface area contributed by atoms with Crippen LogP contribution in [0.5, 0.6) is 0 Å². The van der Waals surface area contributed by atoms with Crippen LogP contribution in [0.4, 0.5) is 20.4 Å². The van der Waals surface area contributed by atoms with Crippen molar-refractivity contribution in [1.82, 2.24) is 24.8 Å². The van der Waals surface area contributed by atoms with Gasteiger partial charge in [0.2, 0.25) is 5.95 Å². The lowest BCUT2D eigenvalue weighted by atomic mass is 9.96. The SMILES string of the molecule is COC(=O)c1cc(C(=O)N2CC[C@@H](N3Cc4cnc(Nc5cc(C)cc(C(F)(F)P)c5)nc4C3)C[C@H]2C)ccn1. The second-order valence-electron chi connectivity index (χ2n) is 10.4. The zero-order valence-electron chi connectivity index (χ0n) is 22.5. The largest absolute Gasteiger partial charge is 0.464 e. The van der Waals surface area contributed by atoms with E-state index in [1.807, 2.05) is 11.8 Å². The summed E-state index contributed by atoms with van der Waals surface area (Å²) >= 11 is 0. The number of aryl methyl sites for hydroxylation is 1. The van der Waals surface area contributed by atoms with Gasteiger partial charge in [0.05, 0.1) is 12.8 Å². The topological polar surface area (TPSA) is 101 Å². The van der Waals surface area contributed by atoms with E-state index in [9.17, 15) is 18.4 Å². The monoisotopic (exact) mass is 568 g/mol. The molecule has 0 saturated carbocycles. The molecule has 1 amide bonds. The fourth-order valence-electron chi connectivity index (χ4n) is 5.40. The number of pyridine rings is 1. The number of piperidine rings is 1. The number of likely N-dealkylation sites (tertiary alicyclic amines) is 1. The van der Waals surface area contributed by atoms with Gasteiger partial charge < -0.3 is 15.0 Å². The number of alkyl halides is 2. The number of hydrogen-bond acceptors (Lipinski definition) is 8. The molecule has 0 radical (unpaired) electrons. The van der Waals surface area contributed by atoms with Gasteiger partial charge >= 0.3 is 5.97 Å². The molecule has 4 heterocycles. The van der Waals surface area contributed by atoms with Crippen molar-refractivity contribution in [2.75, 3.05) is 19.0 Å². The van der Waals surface area contributed by atoms with Gasteiger partial charge in [0.25, 0.3) is 11.6 Å². The van der Waals surface area contributed by atoms with Crippen LogP contribution in [-0.4, -0.2) is 62.4 Å². The lowest BCUT2D eigenvalue weighted by Crippen LogP contribution is -2.50. The van der Waals surface area contributed by atoms with Gasteiger partial charge in [0.15, 0.2) is 0 Å². The second kappa shape index (κ2) is 11.1. The number of anilines is 2. The van der Waals surface area contributed by atoms with Crippen molar-refractivity contribution < 1.29 is 23.1 Å². The molecule has 9 nitrogen and oxygen atoms in total. The summed E-state index contributed by atoms with van der Waals surface area (Å²) < 4.78 is 32.4. The first-order valence-corrected chi connectivity index (χ1v) is 13.6. The van der Waals surface area contributed by atoms with Crippen molar-refractivity contribution >= 4 is 32.8 Å². The normalized spacial score (nSPS) is 19.3. The van der Waals surface area contributed by atoms with Crippen LogP contribution in [0.15, 0.2) is 42.7 Å². The Bertz CT molecular complexity index is 1450. The maximum atomic E-state index is 13.9. The first-order chi connectivity index (χ1) is 19.0. The highest BCUT2D eigenvalue weighted by Crippen LogP contribution is 2.37. The first-order valence-electron chi connectivity index (χ1n) is 13.0. The maximum Gasteiger partial charge on any atom is 0.356 e. The summed E-state index contributed by atoms with van der Waals surface area (Å²) in [5, 5.41) is 3.08. The van der Waals surface area contributed by atoms with Crippen molar-refractivity contribution in [3.8, 4) is 0 Å². The number of rotatable bonds is 6. The van der Waals surface area contributed by atoms with Gasteiger partial charge in [0.1, 0.15) is 5.69 Å². The minimum absolute atomic E-state index is 0.00149. The summed E-state index contributed by atoms with van der Waals surface area (Å²) in [7, 11) is 2.85. The van der Waals surface area contributed by atoms with E-state index in [-0.39, 0.29) is 29.2 Å². The van der Waals surface area contributed by atoms with Crippen LogP contribution in [0.2, 0.25) is 0 Å². The molecule has 1 aromatic carbocycles. The third kappa shape index (κ3) is 5.95. The predicted molar refractivity (Wildman–Crippen MR) is 148 cm³/mol. The number of aromatic nitrogens is 3. The Morgan fingerprint density at radius 1 is 1.18 bits per heavy atom. The Labute approximate surface area is 233 Å². The van der Waals surface area contributed by atoms with Crippen molar-refractivity contribution in [3.05, 3.63) is 76.4 Å². The molecule has 2 aliphatic heterocycles. The molecule has 1 fully saturated rings. The Morgan fingerprint density at radius 2 is 1.98 bits per heavy atom. The average Bonchev–Trinajstić information content (AvgIpc) is 3.35. The van der Waals surface area contributed by atoms with Crippen LogP contribution < -0.4 is 5.32 Å². The number of esters is 1. The molecule has 1 unspecified atom stereocenters. The van der Waals surface area contributed by atoms with Crippen LogP contribution in [0.3, 0.4) is 0 Å². The highest BCUT2D eigenvalue weighted by Gasteiger charge is 2.35. The number of ether oxygens (including phenoxy) is 1. The quantitative estimate of drug-likeness (QED) is 0.339. The third-order valence-electron chi connectivity index (χ3n) is 7.43. The molecular weight excluding hydrogens is 537 g/mol. The standard InChI is InChI=1S/C28H31F2N6O3P/c1-16-8-20(28(29,30)40)12-21(9-16)33-27-32-13-19-14-35(15-24(19)34-27)22-5-7-36(17(2)10-22)25(37)18-4-6-31-23(11-18)26(38)39-3/h4,6,8-9,11-13,17,22H,5,7,10,14-15,40H2,1-3H3,(H,32,33,34)/t17-,22-/m1/s1. The van der Waals surface area contributed by atoms with Crippen molar-refractivity contribution in [3.63, 3.8) is 0 Å². The summed E-state index contributed by atoms with van der Waals surface area (Å²) in [5.74, 6) is -0.355. The molecule has 3 atom stereocenters. The number of carbonyl (C=O) groups excluding carboxylic acids is 2. The Kier molecular flexibility index (Phi) is 7.79. The summed E-state index contributed by atoms with van der Waals surface area (Å²) in [6, 6.07) is 7.98. The van der Waals surface area contributed by atoms with Gasteiger partial charge in [-0.05, 0) is 62.6 Å². The van der Waals surface area contributed by atoms with Crippen molar-refractivity contribution in [1.29, 1.82) is 0 Å². The number of hydrogen-bond donors (Lipinski definition) is 1. The smallest absolute Gasteiger partial charge is 0.356 e. The lowest BCUT2D eigenvalue weighted by molar-refractivity contribution is 0.0460. The molecule has 1 saturated heterocycles. The van der Waals surface area contributed by atoms with Crippen LogP contribution in [-0.2, 0) is 23.5 Å². The molecule has 12 heteroatoms. The number of halogens is 2. The second-order valence-corrected chi connectivity index (χ2v) is 11.1. The molecule has 0 spiro atoms. The van der Waals surface area contributed by atoms with Gasteiger partial charge in [-0.2, -0.15) is 8.78 Å². The predicted octanol–water partition coefficient (Wildman–Crippen LogP) is 4.64. The molecule has 1 N–H and O–H groups in total. The summed E-state index contributed by atoms with van der Waals surface area (Å²) in [6.45, 7) is 5.74. The lowest BCUT2D eigenvalue weighted by Gasteiger charge is -2.41. The van der Waals surface area contributed by atoms with Crippen molar-refractivity contribution in [2.45, 2.75) is 57.5 Å². The highest BCUT2D eigenvalue weighted by atomic mass is 31.0. The Hall–Kier alpha value is -3.56. The number of benzene rings is 1. The van der Waals surface area contributed by atoms with E-state index in [2.05, 4.69) is 25.2 Å². The van der Waals surface area contributed by atoms with E-state index in [0.717, 1.165) is 24.1 Å². The van der Waals surface area contributed by atoms with E-state index in [1.165, 1.54) is 31.5 Å². The average molecular weight is 569 g/mol. The highest BCUT2D eigenvalue weighted by molar-refractivity contribution is 7.17. The molecule has 0 aliphatic carbocycles. The minimum Gasteiger partial charge on any atom is -0.464 e.